The third-order valence-corrected chi connectivity index (χ3v) is 6.15. The highest BCUT2D eigenvalue weighted by Gasteiger charge is 2.23. The summed E-state index contributed by atoms with van der Waals surface area (Å²) in [6.45, 7) is 4.14. The van der Waals surface area contributed by atoms with Gasteiger partial charge in [-0.15, -0.1) is 22.7 Å². The molecule has 1 aromatic carbocycles. The molecule has 1 amide bonds. The summed E-state index contributed by atoms with van der Waals surface area (Å²) in [6, 6.07) is 11.7. The van der Waals surface area contributed by atoms with E-state index in [2.05, 4.69) is 34.1 Å². The Morgan fingerprint density at radius 1 is 1.19 bits per heavy atom. The highest BCUT2D eigenvalue weighted by Crippen LogP contribution is 2.29. The lowest BCUT2D eigenvalue weighted by atomic mass is 10.0. The van der Waals surface area contributed by atoms with Crippen molar-refractivity contribution in [1.29, 1.82) is 0 Å². The van der Waals surface area contributed by atoms with Crippen molar-refractivity contribution in [3.8, 4) is 9.88 Å². The molecule has 0 aliphatic carbocycles. The summed E-state index contributed by atoms with van der Waals surface area (Å²) in [5.74, 6) is 0.853. The van der Waals surface area contributed by atoms with Gasteiger partial charge in [0.15, 0.2) is 0 Å². The number of hydrogen-bond acceptors (Lipinski definition) is 5. The van der Waals surface area contributed by atoms with E-state index in [0.717, 1.165) is 26.7 Å². The van der Waals surface area contributed by atoms with Crippen molar-refractivity contribution in [2.24, 2.45) is 5.92 Å². The highest BCUT2D eigenvalue weighted by molar-refractivity contribution is 7.21. The van der Waals surface area contributed by atoms with Crippen molar-refractivity contribution in [2.75, 3.05) is 0 Å². The summed E-state index contributed by atoms with van der Waals surface area (Å²) < 4.78 is 0. The first kappa shape index (κ1) is 16.9. The van der Waals surface area contributed by atoms with Gasteiger partial charge in [0.2, 0.25) is 0 Å². The third-order valence-electron chi connectivity index (χ3n) is 4.12. The first-order chi connectivity index (χ1) is 12.6. The summed E-state index contributed by atoms with van der Waals surface area (Å²) >= 11 is 3.03. The minimum absolute atomic E-state index is 0.121. The predicted molar refractivity (Wildman–Crippen MR) is 107 cm³/mol. The molecule has 4 rings (SSSR count). The number of amides is 1. The Bertz CT molecular complexity index is 1000. The van der Waals surface area contributed by atoms with Gasteiger partial charge in [-0.1, -0.05) is 32.0 Å². The second kappa shape index (κ2) is 7.01. The number of H-pyrrole nitrogens is 1. The Balaban J connectivity index is 1.57. The molecule has 0 saturated carbocycles. The van der Waals surface area contributed by atoms with Crippen LogP contribution in [-0.4, -0.2) is 20.9 Å². The van der Waals surface area contributed by atoms with E-state index < -0.39 is 0 Å². The molecule has 1 atom stereocenters. The standard InChI is InChI=1S/C19H18N4OS2/c1-11(2)16(17-21-12-6-3-4-7-13(12)22-17)23-18(24)15-10-20-19(26-15)14-8-5-9-25-14/h3-11,16H,1-2H3,(H,21,22)(H,23,24). The molecule has 0 fully saturated rings. The number of aromatic nitrogens is 3. The van der Waals surface area contributed by atoms with Crippen molar-refractivity contribution in [3.05, 3.63) is 58.7 Å². The summed E-state index contributed by atoms with van der Waals surface area (Å²) in [5.41, 5.74) is 1.88. The van der Waals surface area contributed by atoms with Crippen LogP contribution in [0.15, 0.2) is 48.0 Å². The quantitative estimate of drug-likeness (QED) is 0.517. The molecule has 2 N–H and O–H groups in total. The molecule has 5 nitrogen and oxygen atoms in total. The van der Waals surface area contributed by atoms with E-state index in [9.17, 15) is 4.79 Å². The fourth-order valence-electron chi connectivity index (χ4n) is 2.78. The van der Waals surface area contributed by atoms with Gasteiger partial charge in [0.25, 0.3) is 5.91 Å². The maximum absolute atomic E-state index is 12.8. The van der Waals surface area contributed by atoms with Crippen LogP contribution < -0.4 is 5.32 Å². The first-order valence-electron chi connectivity index (χ1n) is 8.37. The molecule has 3 aromatic heterocycles. The lowest BCUT2D eigenvalue weighted by Gasteiger charge is -2.19. The SMILES string of the molecule is CC(C)C(NC(=O)c1cnc(-c2cccs2)s1)c1nc2ccccc2[nH]1. The van der Waals surface area contributed by atoms with Gasteiger partial charge in [0.1, 0.15) is 15.7 Å². The number of para-hydroxylation sites is 2. The number of benzene rings is 1. The number of thiophene rings is 1. The number of nitrogens with one attached hydrogen (secondary N) is 2. The number of carbonyl (C=O) groups is 1. The Kier molecular flexibility index (Phi) is 4.57. The third kappa shape index (κ3) is 3.27. The second-order valence-electron chi connectivity index (χ2n) is 6.34. The number of fused-ring (bicyclic) bond motifs is 1. The zero-order chi connectivity index (χ0) is 18.1. The molecular weight excluding hydrogens is 364 g/mol. The molecule has 132 valence electrons. The van der Waals surface area contributed by atoms with E-state index in [1.165, 1.54) is 11.3 Å². The Labute approximate surface area is 159 Å². The summed E-state index contributed by atoms with van der Waals surface area (Å²) in [4.78, 5) is 26.8. The van der Waals surface area contributed by atoms with E-state index in [1.807, 2.05) is 41.8 Å². The monoisotopic (exact) mass is 382 g/mol. The van der Waals surface area contributed by atoms with Gasteiger partial charge in [-0.2, -0.15) is 0 Å². The Morgan fingerprint density at radius 3 is 2.77 bits per heavy atom. The number of nitrogens with zero attached hydrogens (tertiary/aromatic N) is 2. The molecule has 0 aliphatic heterocycles. The predicted octanol–water partition coefficient (Wildman–Crippen LogP) is 4.88. The van der Waals surface area contributed by atoms with E-state index in [1.54, 1.807) is 17.5 Å². The topological polar surface area (TPSA) is 70.7 Å². The minimum atomic E-state index is -0.192. The molecule has 0 radical (unpaired) electrons. The molecule has 0 saturated heterocycles. The lowest BCUT2D eigenvalue weighted by Crippen LogP contribution is -2.32. The van der Waals surface area contributed by atoms with Crippen LogP contribution in [0.3, 0.4) is 0 Å². The highest BCUT2D eigenvalue weighted by atomic mass is 32.1. The summed E-state index contributed by atoms with van der Waals surface area (Å²) in [7, 11) is 0. The number of aromatic amines is 1. The normalized spacial score (nSPS) is 12.6. The van der Waals surface area contributed by atoms with Gasteiger partial charge < -0.3 is 10.3 Å². The number of imidazole rings is 1. The maximum atomic E-state index is 12.8. The largest absolute Gasteiger partial charge is 0.341 e. The van der Waals surface area contributed by atoms with Gasteiger partial charge in [-0.3, -0.25) is 4.79 Å². The van der Waals surface area contributed by atoms with E-state index in [4.69, 9.17) is 0 Å². The molecule has 1 unspecified atom stereocenters. The molecule has 0 aliphatic rings. The van der Waals surface area contributed by atoms with Crippen LogP contribution in [-0.2, 0) is 0 Å². The van der Waals surface area contributed by atoms with E-state index >= 15 is 0 Å². The van der Waals surface area contributed by atoms with Crippen LogP contribution in [0, 0.1) is 5.92 Å². The van der Waals surface area contributed by atoms with Crippen LogP contribution in [0.1, 0.15) is 35.4 Å². The number of hydrogen-bond donors (Lipinski definition) is 2. The van der Waals surface area contributed by atoms with Gasteiger partial charge >= 0.3 is 0 Å². The fourth-order valence-corrected chi connectivity index (χ4v) is 4.40. The summed E-state index contributed by atoms with van der Waals surface area (Å²) in [6.07, 6.45) is 1.64. The van der Waals surface area contributed by atoms with Crippen LogP contribution in [0.4, 0.5) is 0 Å². The van der Waals surface area contributed by atoms with E-state index in [-0.39, 0.29) is 17.9 Å². The molecule has 4 aromatic rings. The minimum Gasteiger partial charge on any atom is -0.341 e. The average molecular weight is 383 g/mol. The molecule has 0 spiro atoms. The van der Waals surface area contributed by atoms with Crippen LogP contribution in [0.2, 0.25) is 0 Å². The number of rotatable bonds is 5. The van der Waals surface area contributed by atoms with Crippen molar-refractivity contribution < 1.29 is 4.79 Å². The Morgan fingerprint density at radius 2 is 2.04 bits per heavy atom. The zero-order valence-electron chi connectivity index (χ0n) is 14.4. The van der Waals surface area contributed by atoms with Gasteiger partial charge in [0, 0.05) is 0 Å². The molecule has 26 heavy (non-hydrogen) atoms. The van der Waals surface area contributed by atoms with E-state index in [0.29, 0.717) is 4.88 Å². The van der Waals surface area contributed by atoms with Crippen LogP contribution in [0.5, 0.6) is 0 Å². The number of carbonyl (C=O) groups excluding carboxylic acids is 1. The zero-order valence-corrected chi connectivity index (χ0v) is 16.0. The second-order valence-corrected chi connectivity index (χ2v) is 8.32. The van der Waals surface area contributed by atoms with Crippen molar-refractivity contribution >= 4 is 39.6 Å². The maximum Gasteiger partial charge on any atom is 0.263 e. The molecule has 3 heterocycles. The first-order valence-corrected chi connectivity index (χ1v) is 10.1. The molecule has 7 heteroatoms. The Hall–Kier alpha value is -2.51. The van der Waals surface area contributed by atoms with Crippen LogP contribution >= 0.6 is 22.7 Å². The van der Waals surface area contributed by atoms with Gasteiger partial charge in [0.05, 0.1) is 28.1 Å². The summed E-state index contributed by atoms with van der Waals surface area (Å²) in [5, 5.41) is 5.99. The van der Waals surface area contributed by atoms with Crippen molar-refractivity contribution in [2.45, 2.75) is 19.9 Å². The van der Waals surface area contributed by atoms with Gasteiger partial charge in [-0.25, -0.2) is 9.97 Å². The smallest absolute Gasteiger partial charge is 0.263 e. The van der Waals surface area contributed by atoms with Crippen molar-refractivity contribution in [3.63, 3.8) is 0 Å². The van der Waals surface area contributed by atoms with Crippen molar-refractivity contribution in [1.82, 2.24) is 20.3 Å². The van der Waals surface area contributed by atoms with Crippen LogP contribution in [0.25, 0.3) is 20.9 Å². The lowest BCUT2D eigenvalue weighted by molar-refractivity contribution is 0.0927. The fraction of sp³-hybridized carbons (Fsp3) is 0.211. The van der Waals surface area contributed by atoms with Gasteiger partial charge in [-0.05, 0) is 29.5 Å². The number of thiazole rings is 1. The molecular formula is C19H18N4OS2. The molecule has 0 bridgehead atoms. The average Bonchev–Trinajstić information content (AvgIpc) is 3.38.